The Labute approximate surface area is 126 Å². The molecule has 1 aromatic rings. The van der Waals surface area contributed by atoms with Crippen molar-refractivity contribution in [2.45, 2.75) is 37.5 Å². The molecule has 7 heteroatoms. The molecule has 2 N–H and O–H groups in total. The number of hydrogen-bond donors (Lipinski definition) is 1. The largest absolute Gasteiger partial charge is 0.365 e. The van der Waals surface area contributed by atoms with Crippen molar-refractivity contribution < 1.29 is 13.6 Å². The lowest BCUT2D eigenvalue weighted by Crippen LogP contribution is -2.40. The van der Waals surface area contributed by atoms with Crippen LogP contribution in [-0.2, 0) is 0 Å². The number of piperidine rings is 1. The van der Waals surface area contributed by atoms with Gasteiger partial charge in [0.1, 0.15) is 11.0 Å². The maximum atomic E-state index is 13.2. The second-order valence-electron chi connectivity index (χ2n) is 5.72. The third-order valence-electron chi connectivity index (χ3n) is 4.06. The Morgan fingerprint density at radius 1 is 1.38 bits per heavy atom. The van der Waals surface area contributed by atoms with Crippen LogP contribution < -0.4 is 10.6 Å². The highest BCUT2D eigenvalue weighted by atomic mass is 35.5. The fraction of sp³-hybridized carbons (Fsp3) is 0.571. The van der Waals surface area contributed by atoms with Gasteiger partial charge < -0.3 is 10.6 Å². The monoisotopic (exact) mass is 315 g/mol. The van der Waals surface area contributed by atoms with E-state index in [0.29, 0.717) is 16.9 Å². The summed E-state index contributed by atoms with van der Waals surface area (Å²) in [6.45, 7) is 0.277. The number of carbonyl (C=O) groups is 1. The zero-order chi connectivity index (χ0) is 15.2. The third kappa shape index (κ3) is 2.95. The number of halogens is 3. The molecule has 1 amide bonds. The molecule has 1 saturated carbocycles. The maximum Gasteiger partial charge on any atom is 0.252 e. The van der Waals surface area contributed by atoms with Gasteiger partial charge >= 0.3 is 0 Å². The van der Waals surface area contributed by atoms with Gasteiger partial charge in [0, 0.05) is 25.9 Å². The molecule has 0 radical (unpaired) electrons. The SMILES string of the molecule is NC(=O)c1cc(C2CC2)c(Cl)nc1N1CCC(F)(F)CC1. The molecule has 1 saturated heterocycles. The molecule has 1 aromatic heterocycles. The molecule has 4 nitrogen and oxygen atoms in total. The number of rotatable bonds is 3. The normalized spacial score (nSPS) is 21.4. The molecule has 0 bridgehead atoms. The van der Waals surface area contributed by atoms with E-state index < -0.39 is 11.8 Å². The molecule has 0 atom stereocenters. The lowest BCUT2D eigenvalue weighted by Gasteiger charge is -2.33. The first-order chi connectivity index (χ1) is 9.87. The van der Waals surface area contributed by atoms with Gasteiger partial charge in [0.2, 0.25) is 0 Å². The first kappa shape index (κ1) is 14.5. The van der Waals surface area contributed by atoms with Gasteiger partial charge in [-0.2, -0.15) is 0 Å². The van der Waals surface area contributed by atoms with Crippen molar-refractivity contribution in [3.63, 3.8) is 0 Å². The summed E-state index contributed by atoms with van der Waals surface area (Å²) in [7, 11) is 0. The first-order valence-corrected chi connectivity index (χ1v) is 7.38. The lowest BCUT2D eigenvalue weighted by molar-refractivity contribution is -0.0221. The predicted molar refractivity (Wildman–Crippen MR) is 76.1 cm³/mol. The van der Waals surface area contributed by atoms with Gasteiger partial charge in [0.15, 0.2) is 0 Å². The Hall–Kier alpha value is -1.43. The van der Waals surface area contributed by atoms with Crippen LogP contribution in [0.5, 0.6) is 0 Å². The van der Waals surface area contributed by atoms with E-state index in [9.17, 15) is 13.6 Å². The average Bonchev–Trinajstić information content (AvgIpc) is 3.22. The smallest absolute Gasteiger partial charge is 0.252 e. The molecule has 2 aliphatic rings. The van der Waals surface area contributed by atoms with Crippen LogP contribution in [0.15, 0.2) is 6.07 Å². The number of nitrogens with two attached hydrogens (primary N) is 1. The minimum absolute atomic E-state index is 0.138. The van der Waals surface area contributed by atoms with Crippen LogP contribution in [0, 0.1) is 0 Å². The average molecular weight is 316 g/mol. The Kier molecular flexibility index (Phi) is 3.51. The molecule has 0 spiro atoms. The summed E-state index contributed by atoms with van der Waals surface area (Å²) in [5.74, 6) is -2.59. The van der Waals surface area contributed by atoms with E-state index in [0.717, 1.165) is 18.4 Å². The van der Waals surface area contributed by atoms with Crippen molar-refractivity contribution in [1.29, 1.82) is 0 Å². The predicted octanol–water partition coefficient (Wildman–Crippen LogP) is 2.95. The van der Waals surface area contributed by atoms with Crippen molar-refractivity contribution in [1.82, 2.24) is 4.98 Å². The van der Waals surface area contributed by atoms with Crippen LogP contribution in [0.25, 0.3) is 0 Å². The van der Waals surface area contributed by atoms with Crippen molar-refractivity contribution >= 4 is 23.3 Å². The second-order valence-corrected chi connectivity index (χ2v) is 6.08. The fourth-order valence-electron chi connectivity index (χ4n) is 2.65. The number of alkyl halides is 2. The van der Waals surface area contributed by atoms with Gasteiger partial charge in [-0.25, -0.2) is 13.8 Å². The highest BCUT2D eigenvalue weighted by Crippen LogP contribution is 2.44. The Morgan fingerprint density at radius 2 is 2.00 bits per heavy atom. The molecule has 1 aliphatic heterocycles. The van der Waals surface area contributed by atoms with E-state index >= 15 is 0 Å². The summed E-state index contributed by atoms with van der Waals surface area (Å²) < 4.78 is 26.5. The van der Waals surface area contributed by atoms with Crippen LogP contribution in [-0.4, -0.2) is 29.9 Å². The number of primary amides is 1. The molecule has 1 aliphatic carbocycles. The van der Waals surface area contributed by atoms with Crippen LogP contribution >= 0.6 is 11.6 Å². The summed E-state index contributed by atoms with van der Waals surface area (Å²) >= 11 is 6.18. The fourth-order valence-corrected chi connectivity index (χ4v) is 2.93. The maximum absolute atomic E-state index is 13.2. The van der Waals surface area contributed by atoms with Crippen molar-refractivity contribution in [2.24, 2.45) is 5.73 Å². The quantitative estimate of drug-likeness (QED) is 0.872. The standard InChI is InChI=1S/C14H16ClF2N3O/c15-11-9(8-1-2-8)7-10(12(18)21)13(19-11)20-5-3-14(16,17)4-6-20/h7-8H,1-6H2,(H2,18,21). The van der Waals surface area contributed by atoms with Crippen molar-refractivity contribution in [3.8, 4) is 0 Å². The number of amides is 1. The van der Waals surface area contributed by atoms with Crippen LogP contribution in [0.3, 0.4) is 0 Å². The summed E-state index contributed by atoms with van der Waals surface area (Å²) in [4.78, 5) is 17.6. The summed E-state index contributed by atoms with van der Waals surface area (Å²) in [5, 5.41) is 0.342. The molecule has 0 unspecified atom stereocenters. The van der Waals surface area contributed by atoms with Crippen LogP contribution in [0.2, 0.25) is 5.15 Å². The number of aromatic nitrogens is 1. The van der Waals surface area contributed by atoms with E-state index in [1.165, 1.54) is 0 Å². The molecule has 114 valence electrons. The number of pyridine rings is 1. The first-order valence-electron chi connectivity index (χ1n) is 7.00. The molecule has 0 aromatic carbocycles. The summed E-state index contributed by atoms with van der Waals surface area (Å²) in [5.41, 5.74) is 6.52. The number of carbonyl (C=O) groups excluding carboxylic acids is 1. The minimum Gasteiger partial charge on any atom is -0.365 e. The Balaban J connectivity index is 1.94. The highest BCUT2D eigenvalue weighted by molar-refractivity contribution is 6.30. The zero-order valence-electron chi connectivity index (χ0n) is 11.4. The Bertz CT molecular complexity index is 580. The molecule has 3 rings (SSSR count). The van der Waals surface area contributed by atoms with Gasteiger partial charge in [-0.15, -0.1) is 0 Å². The number of anilines is 1. The number of hydrogen-bond acceptors (Lipinski definition) is 3. The van der Waals surface area contributed by atoms with Gasteiger partial charge in [-0.05, 0) is 30.4 Å². The van der Waals surface area contributed by atoms with E-state index in [-0.39, 0.29) is 31.5 Å². The van der Waals surface area contributed by atoms with E-state index in [1.54, 1.807) is 11.0 Å². The topological polar surface area (TPSA) is 59.2 Å². The van der Waals surface area contributed by atoms with Gasteiger partial charge in [-0.3, -0.25) is 4.79 Å². The molecular formula is C14H16ClF2N3O. The van der Waals surface area contributed by atoms with Crippen LogP contribution in [0.1, 0.15) is 47.5 Å². The van der Waals surface area contributed by atoms with Gasteiger partial charge in [-0.1, -0.05) is 11.6 Å². The number of nitrogens with zero attached hydrogens (tertiary/aromatic N) is 2. The van der Waals surface area contributed by atoms with Crippen molar-refractivity contribution in [3.05, 3.63) is 22.3 Å². The Morgan fingerprint density at radius 3 is 2.52 bits per heavy atom. The van der Waals surface area contributed by atoms with Gasteiger partial charge in [0.05, 0.1) is 5.56 Å². The molecule has 2 fully saturated rings. The lowest BCUT2D eigenvalue weighted by atomic mass is 10.0. The second kappa shape index (κ2) is 5.09. The van der Waals surface area contributed by atoms with Crippen LogP contribution in [0.4, 0.5) is 14.6 Å². The van der Waals surface area contributed by atoms with Crippen molar-refractivity contribution in [2.75, 3.05) is 18.0 Å². The van der Waals surface area contributed by atoms with Gasteiger partial charge in [0.25, 0.3) is 11.8 Å². The van der Waals surface area contributed by atoms with E-state index in [1.807, 2.05) is 0 Å². The highest BCUT2D eigenvalue weighted by Gasteiger charge is 2.36. The summed E-state index contributed by atoms with van der Waals surface area (Å²) in [6, 6.07) is 1.68. The summed E-state index contributed by atoms with van der Waals surface area (Å²) in [6.07, 6.45) is 1.54. The zero-order valence-corrected chi connectivity index (χ0v) is 12.2. The molecule has 2 heterocycles. The van der Waals surface area contributed by atoms with E-state index in [2.05, 4.69) is 4.98 Å². The molecular weight excluding hydrogens is 300 g/mol. The minimum atomic E-state index is -2.65. The molecule has 21 heavy (non-hydrogen) atoms. The third-order valence-corrected chi connectivity index (χ3v) is 4.36. The van der Waals surface area contributed by atoms with E-state index in [4.69, 9.17) is 17.3 Å².